The van der Waals surface area contributed by atoms with Gasteiger partial charge < -0.3 is 19.6 Å². The highest BCUT2D eigenvalue weighted by atomic mass is 31.2. The molecular weight excluding hydrogens is 362 g/mol. The lowest BCUT2D eigenvalue weighted by atomic mass is 10.3. The Kier molecular flexibility index (Phi) is 10.9. The Bertz CT molecular complexity index is 455. The fraction of sp³-hybridized carbons (Fsp3) is 1.00. The Hall–Kier alpha value is 0.0900. The molecule has 2 atom stereocenters. The van der Waals surface area contributed by atoms with Crippen LogP contribution in [0.4, 0.5) is 0 Å². The molecular formula is C15H35N4O4P2+. The lowest BCUT2D eigenvalue weighted by Gasteiger charge is -2.29. The molecule has 1 heterocycles. The third kappa shape index (κ3) is 11.4. The Morgan fingerprint density at radius 1 is 0.840 bits per heavy atom. The molecule has 0 spiro atoms. The lowest BCUT2D eigenvalue weighted by molar-refractivity contribution is 0.199. The molecule has 0 saturated carbocycles. The van der Waals surface area contributed by atoms with Crippen molar-refractivity contribution in [2.75, 3.05) is 85.7 Å². The van der Waals surface area contributed by atoms with Crippen LogP contribution in [0.3, 0.4) is 0 Å². The van der Waals surface area contributed by atoms with Gasteiger partial charge in [0, 0.05) is 26.2 Å². The van der Waals surface area contributed by atoms with E-state index in [2.05, 4.69) is 35.8 Å². The molecule has 0 radical (unpaired) electrons. The number of hydrogen-bond donors (Lipinski definition) is 2. The minimum Gasteiger partial charge on any atom is -0.340 e. The van der Waals surface area contributed by atoms with Crippen LogP contribution in [0.2, 0.25) is 0 Å². The maximum atomic E-state index is 12.2. The molecule has 1 aliphatic rings. The molecule has 1 aliphatic heterocycles. The van der Waals surface area contributed by atoms with Crippen LogP contribution >= 0.6 is 15.4 Å². The van der Waals surface area contributed by atoms with Crippen molar-refractivity contribution >= 4 is 15.4 Å². The second-order valence-corrected chi connectivity index (χ2v) is 11.0. The average Bonchev–Trinajstić information content (AvgIpc) is 2.48. The Morgan fingerprint density at radius 3 is 1.76 bits per heavy atom. The summed E-state index contributed by atoms with van der Waals surface area (Å²) in [6, 6.07) is 0. The second kappa shape index (κ2) is 11.7. The van der Waals surface area contributed by atoms with Crippen LogP contribution in [0.5, 0.6) is 0 Å². The van der Waals surface area contributed by atoms with Gasteiger partial charge in [-0.3, -0.25) is 9.46 Å². The summed E-state index contributed by atoms with van der Waals surface area (Å²) in [6.07, 6.45) is 2.00. The Balaban J connectivity index is 2.64. The van der Waals surface area contributed by atoms with Crippen molar-refractivity contribution in [1.82, 2.24) is 19.6 Å². The summed E-state index contributed by atoms with van der Waals surface area (Å²) >= 11 is 0. The minimum absolute atomic E-state index is 0.00503. The zero-order valence-electron chi connectivity index (χ0n) is 15.9. The number of rotatable bonds is 4. The topological polar surface area (TPSA) is 87.6 Å². The first-order chi connectivity index (χ1) is 11.7. The predicted molar refractivity (Wildman–Crippen MR) is 103 cm³/mol. The summed E-state index contributed by atoms with van der Waals surface area (Å²) in [4.78, 5) is 27.8. The van der Waals surface area contributed by atoms with Crippen molar-refractivity contribution < 1.29 is 18.9 Å². The van der Waals surface area contributed by atoms with Gasteiger partial charge in [0.2, 0.25) is 0 Å². The molecule has 8 nitrogen and oxygen atoms in total. The highest BCUT2D eigenvalue weighted by molar-refractivity contribution is 7.68. The van der Waals surface area contributed by atoms with Gasteiger partial charge in [0.15, 0.2) is 0 Å². The quantitative estimate of drug-likeness (QED) is 0.674. The van der Waals surface area contributed by atoms with E-state index in [1.54, 1.807) is 0 Å². The predicted octanol–water partition coefficient (Wildman–Crippen LogP) is 0.798. The van der Waals surface area contributed by atoms with Crippen molar-refractivity contribution in [3.05, 3.63) is 0 Å². The average molecular weight is 397 g/mol. The van der Waals surface area contributed by atoms with Crippen LogP contribution in [0.1, 0.15) is 12.8 Å². The van der Waals surface area contributed by atoms with E-state index in [9.17, 15) is 14.0 Å². The van der Waals surface area contributed by atoms with Gasteiger partial charge in [0.05, 0.1) is 6.29 Å². The van der Waals surface area contributed by atoms with E-state index in [0.29, 0.717) is 6.54 Å². The normalized spacial score (nSPS) is 25.2. The van der Waals surface area contributed by atoms with Crippen molar-refractivity contribution in [3.63, 3.8) is 0 Å². The zero-order chi connectivity index (χ0) is 18.9. The van der Waals surface area contributed by atoms with Crippen LogP contribution < -0.4 is 0 Å². The molecule has 2 N–H and O–H groups in total. The van der Waals surface area contributed by atoms with E-state index in [1.165, 1.54) is 0 Å². The van der Waals surface area contributed by atoms with E-state index in [4.69, 9.17) is 4.89 Å². The van der Waals surface area contributed by atoms with Crippen molar-refractivity contribution in [2.45, 2.75) is 12.8 Å². The van der Waals surface area contributed by atoms with Crippen molar-refractivity contribution in [1.29, 1.82) is 0 Å². The molecule has 0 aliphatic carbocycles. The van der Waals surface area contributed by atoms with Gasteiger partial charge in [-0.05, 0) is 64.7 Å². The SMILES string of the molecule is CN1CCCN(C)CCN(CP(=O)(O)C[P+](=O)O)CCCN(C)CC1. The molecule has 0 aromatic heterocycles. The monoisotopic (exact) mass is 397 g/mol. The molecule has 0 amide bonds. The standard InChI is InChI=1S/C15H34N4O4P2/c1-16-6-4-7-18(3)12-13-19(9-5-8-17(2)11-10-16)14-25(22,23)15-24(20)21/h4-15H2,1-3H3,(H-,20,21,22,23)/p+1. The van der Waals surface area contributed by atoms with E-state index < -0.39 is 21.3 Å². The summed E-state index contributed by atoms with van der Waals surface area (Å²) in [6.45, 7) is 7.29. The molecule has 25 heavy (non-hydrogen) atoms. The zero-order valence-corrected chi connectivity index (χ0v) is 17.7. The van der Waals surface area contributed by atoms with E-state index in [-0.39, 0.29) is 6.29 Å². The van der Waals surface area contributed by atoms with Gasteiger partial charge in [-0.15, -0.1) is 0 Å². The molecule has 1 fully saturated rings. The molecule has 0 aromatic carbocycles. The molecule has 1 saturated heterocycles. The van der Waals surface area contributed by atoms with Gasteiger partial charge in [-0.1, -0.05) is 0 Å². The minimum atomic E-state index is -3.60. The molecule has 10 heteroatoms. The lowest BCUT2D eigenvalue weighted by Crippen LogP contribution is -2.38. The number of likely N-dealkylation sites (N-methyl/N-ethyl adjacent to an activating group) is 3. The summed E-state index contributed by atoms with van der Waals surface area (Å²) in [7, 11) is 0.147. The second-order valence-electron chi connectivity index (χ2n) is 7.22. The number of hydrogen-bond acceptors (Lipinski definition) is 6. The van der Waals surface area contributed by atoms with Gasteiger partial charge in [-0.25, -0.2) is 0 Å². The van der Waals surface area contributed by atoms with Crippen LogP contribution in [-0.4, -0.2) is 115 Å². The smallest absolute Gasteiger partial charge is 0.340 e. The van der Waals surface area contributed by atoms with Crippen molar-refractivity contribution in [3.8, 4) is 0 Å². The highest BCUT2D eigenvalue weighted by Gasteiger charge is 2.32. The summed E-state index contributed by atoms with van der Waals surface area (Å²) < 4.78 is 23.1. The maximum Gasteiger partial charge on any atom is 0.515 e. The number of nitrogens with zero attached hydrogens (tertiary/aromatic N) is 4. The fourth-order valence-electron chi connectivity index (χ4n) is 2.96. The van der Waals surface area contributed by atoms with Crippen LogP contribution in [0.15, 0.2) is 0 Å². The first-order valence-corrected chi connectivity index (χ1v) is 12.3. The highest BCUT2D eigenvalue weighted by Crippen LogP contribution is 2.47. The van der Waals surface area contributed by atoms with E-state index in [1.807, 2.05) is 4.90 Å². The third-order valence-electron chi connectivity index (χ3n) is 4.52. The molecule has 0 aromatic rings. The Morgan fingerprint density at radius 2 is 1.28 bits per heavy atom. The first kappa shape index (κ1) is 23.1. The van der Waals surface area contributed by atoms with Crippen LogP contribution in [0.25, 0.3) is 0 Å². The van der Waals surface area contributed by atoms with Crippen LogP contribution in [-0.2, 0) is 9.13 Å². The van der Waals surface area contributed by atoms with Crippen molar-refractivity contribution in [2.24, 2.45) is 0 Å². The van der Waals surface area contributed by atoms with Gasteiger partial charge in [-0.2, -0.15) is 4.89 Å². The summed E-state index contributed by atoms with van der Waals surface area (Å²) in [5, 5.41) is 0. The first-order valence-electron chi connectivity index (χ1n) is 8.90. The Labute approximate surface area is 153 Å². The fourth-order valence-corrected chi connectivity index (χ4v) is 5.74. The van der Waals surface area contributed by atoms with Gasteiger partial charge >= 0.3 is 8.03 Å². The van der Waals surface area contributed by atoms with Gasteiger partial charge in [0.25, 0.3) is 13.3 Å². The molecule has 1 rings (SSSR count). The van der Waals surface area contributed by atoms with Crippen LogP contribution in [0, 0.1) is 0 Å². The third-order valence-corrected chi connectivity index (χ3v) is 8.10. The molecule has 0 bridgehead atoms. The summed E-state index contributed by atoms with van der Waals surface area (Å²) in [5.74, 6) is -0.513. The van der Waals surface area contributed by atoms with E-state index in [0.717, 1.165) is 58.7 Å². The largest absolute Gasteiger partial charge is 0.515 e. The van der Waals surface area contributed by atoms with Gasteiger partial charge in [0.1, 0.15) is 0 Å². The maximum absolute atomic E-state index is 12.2. The van der Waals surface area contributed by atoms with E-state index >= 15 is 0 Å². The molecule has 148 valence electrons. The summed E-state index contributed by atoms with van der Waals surface area (Å²) in [5.41, 5.74) is 0. The molecule has 2 unspecified atom stereocenters.